The smallest absolute Gasteiger partial charge is 0.271 e. The normalized spacial score (nSPS) is 15.8. The van der Waals surface area contributed by atoms with Crippen molar-refractivity contribution in [2.75, 3.05) is 7.11 Å². The summed E-state index contributed by atoms with van der Waals surface area (Å²) in [5, 5.41) is 0.648. The Balaban J connectivity index is 1.31. The number of methoxy groups -OCH3 is 1. The first-order valence-electron chi connectivity index (χ1n) is 13.9. The molecule has 5 aromatic rings. The molecule has 1 aliphatic carbocycles. The number of fused-ring (bicyclic) bond motifs is 3. The molecule has 1 atom stereocenters. The minimum absolute atomic E-state index is 0.0689. The molecule has 1 aromatic heterocycles. The quantitative estimate of drug-likeness (QED) is 0.216. The van der Waals surface area contributed by atoms with Gasteiger partial charge < -0.3 is 9.47 Å². The summed E-state index contributed by atoms with van der Waals surface area (Å²) < 4.78 is 27.9. The second-order valence-corrected chi connectivity index (χ2v) is 11.9. The van der Waals surface area contributed by atoms with Crippen LogP contribution in [0.3, 0.4) is 0 Å². The summed E-state index contributed by atoms with van der Waals surface area (Å²) in [6, 6.07) is 27.7. The van der Waals surface area contributed by atoms with Crippen LogP contribution in [0.2, 0.25) is 5.02 Å². The van der Waals surface area contributed by atoms with E-state index >= 15 is 0 Å². The molecule has 1 aliphatic heterocycles. The molecule has 5 nitrogen and oxygen atoms in total. The fourth-order valence-electron chi connectivity index (χ4n) is 5.78. The molecule has 0 unspecified atom stereocenters. The van der Waals surface area contributed by atoms with Gasteiger partial charge in [0.1, 0.15) is 12.4 Å². The SMILES string of the molecule is COc1cc(/C=c2/sc3n(c2=O)[C@H](c2ccc(Cl)cc2)C2=C(N=3)c3ccccc3CC2)ccc1OCc1ccccc1F. The van der Waals surface area contributed by atoms with Crippen LogP contribution >= 0.6 is 22.9 Å². The third kappa shape index (κ3) is 5.09. The van der Waals surface area contributed by atoms with E-state index < -0.39 is 0 Å². The largest absolute Gasteiger partial charge is 0.493 e. The topological polar surface area (TPSA) is 52.8 Å². The minimum atomic E-state index is -0.324. The first-order valence-corrected chi connectivity index (χ1v) is 15.1. The lowest BCUT2D eigenvalue weighted by molar-refractivity contribution is 0.279. The molecule has 0 radical (unpaired) electrons. The maximum Gasteiger partial charge on any atom is 0.271 e. The zero-order valence-electron chi connectivity index (χ0n) is 23.2. The minimum Gasteiger partial charge on any atom is -0.493 e. The molecule has 7 rings (SSSR count). The number of aromatic nitrogens is 1. The van der Waals surface area contributed by atoms with E-state index in [1.54, 1.807) is 31.4 Å². The fraction of sp³-hybridized carbons (Fsp3) is 0.143. The third-order valence-electron chi connectivity index (χ3n) is 7.89. The Morgan fingerprint density at radius 2 is 1.79 bits per heavy atom. The average Bonchev–Trinajstić information content (AvgIpc) is 3.34. The number of rotatable bonds is 6. The number of halogens is 2. The van der Waals surface area contributed by atoms with Gasteiger partial charge in [0.15, 0.2) is 16.3 Å². The third-order valence-corrected chi connectivity index (χ3v) is 9.12. The summed E-state index contributed by atoms with van der Waals surface area (Å²) in [6.45, 7) is 0.0689. The van der Waals surface area contributed by atoms with Gasteiger partial charge in [-0.1, -0.05) is 83.6 Å². The molecular formula is C35H26ClFN2O3S. The number of nitrogens with zero attached hydrogens (tertiary/aromatic N) is 2. The summed E-state index contributed by atoms with van der Waals surface area (Å²) in [5.41, 5.74) is 6.60. The van der Waals surface area contributed by atoms with Gasteiger partial charge in [-0.25, -0.2) is 9.38 Å². The molecule has 0 bridgehead atoms. The van der Waals surface area contributed by atoms with Crippen LogP contribution in [0.1, 0.15) is 40.3 Å². The van der Waals surface area contributed by atoms with E-state index in [1.807, 2.05) is 53.1 Å². The van der Waals surface area contributed by atoms with Gasteiger partial charge in [-0.3, -0.25) is 9.36 Å². The Bertz CT molecular complexity index is 2080. The Labute approximate surface area is 256 Å². The molecule has 0 spiro atoms. The molecule has 43 heavy (non-hydrogen) atoms. The van der Waals surface area contributed by atoms with E-state index in [0.717, 1.165) is 40.8 Å². The highest BCUT2D eigenvalue weighted by atomic mass is 35.5. The van der Waals surface area contributed by atoms with Crippen LogP contribution in [-0.2, 0) is 13.0 Å². The van der Waals surface area contributed by atoms with Gasteiger partial charge in [0.05, 0.1) is 23.4 Å². The first-order chi connectivity index (χ1) is 21.0. The number of ether oxygens (including phenoxy) is 2. The van der Waals surface area contributed by atoms with E-state index in [2.05, 4.69) is 18.2 Å². The van der Waals surface area contributed by atoms with Crippen molar-refractivity contribution in [3.63, 3.8) is 0 Å². The monoisotopic (exact) mass is 608 g/mol. The summed E-state index contributed by atoms with van der Waals surface area (Å²) in [7, 11) is 1.55. The van der Waals surface area contributed by atoms with Crippen molar-refractivity contribution < 1.29 is 13.9 Å². The van der Waals surface area contributed by atoms with Crippen LogP contribution in [0.5, 0.6) is 11.5 Å². The van der Waals surface area contributed by atoms with Crippen molar-refractivity contribution in [2.24, 2.45) is 4.99 Å². The highest BCUT2D eigenvalue weighted by Crippen LogP contribution is 2.41. The van der Waals surface area contributed by atoms with Crippen LogP contribution in [0.25, 0.3) is 11.8 Å². The van der Waals surface area contributed by atoms with Gasteiger partial charge in [0.2, 0.25) is 0 Å². The van der Waals surface area contributed by atoms with E-state index in [-0.39, 0.29) is 24.0 Å². The summed E-state index contributed by atoms with van der Waals surface area (Å²) in [6.07, 6.45) is 3.56. The van der Waals surface area contributed by atoms with Crippen molar-refractivity contribution in [3.05, 3.63) is 155 Å². The van der Waals surface area contributed by atoms with Crippen molar-refractivity contribution in [2.45, 2.75) is 25.5 Å². The van der Waals surface area contributed by atoms with Gasteiger partial charge >= 0.3 is 0 Å². The highest BCUT2D eigenvalue weighted by Gasteiger charge is 2.32. The van der Waals surface area contributed by atoms with Crippen molar-refractivity contribution >= 4 is 34.7 Å². The lowest BCUT2D eigenvalue weighted by Gasteiger charge is -2.30. The Morgan fingerprint density at radius 3 is 2.60 bits per heavy atom. The average molecular weight is 609 g/mol. The number of allylic oxidation sites excluding steroid dienone is 1. The van der Waals surface area contributed by atoms with Crippen molar-refractivity contribution in [1.29, 1.82) is 0 Å². The van der Waals surface area contributed by atoms with Gasteiger partial charge in [0.25, 0.3) is 5.56 Å². The van der Waals surface area contributed by atoms with Gasteiger partial charge in [0, 0.05) is 16.1 Å². The van der Waals surface area contributed by atoms with Gasteiger partial charge in [-0.05, 0) is 71.5 Å². The number of hydrogen-bond acceptors (Lipinski definition) is 5. The standard InChI is InChI=1S/C35H26ClFN2O3S/c1-41-30-18-21(10-17-29(30)42-20-24-7-3-5-9-28(24)37)19-31-34(40)39-33(23-11-14-25(36)15-12-23)27-16-13-22-6-2-4-8-26(22)32(27)38-35(39)43-31/h2-12,14-15,17-19,33H,13,16,20H2,1H3/b31-19+/t33-/m1/s1. The molecule has 0 saturated heterocycles. The molecule has 4 aromatic carbocycles. The molecule has 214 valence electrons. The molecule has 2 heterocycles. The molecule has 0 amide bonds. The second-order valence-electron chi connectivity index (χ2n) is 10.5. The van der Waals surface area contributed by atoms with Gasteiger partial charge in [-0.2, -0.15) is 0 Å². The van der Waals surface area contributed by atoms with Crippen LogP contribution in [-0.4, -0.2) is 11.7 Å². The molecule has 0 fully saturated rings. The molecule has 0 saturated carbocycles. The fourth-order valence-corrected chi connectivity index (χ4v) is 6.91. The first kappa shape index (κ1) is 27.4. The number of hydrogen-bond donors (Lipinski definition) is 0. The van der Waals surface area contributed by atoms with Gasteiger partial charge in [-0.15, -0.1) is 0 Å². The summed E-state index contributed by atoms with van der Waals surface area (Å²) in [4.78, 5) is 19.8. The van der Waals surface area contributed by atoms with Crippen LogP contribution in [0.15, 0.2) is 106 Å². The van der Waals surface area contributed by atoms with Crippen LogP contribution < -0.4 is 24.4 Å². The molecule has 2 aliphatic rings. The zero-order valence-corrected chi connectivity index (χ0v) is 24.8. The molecule has 8 heteroatoms. The Hall–Kier alpha value is -4.46. The van der Waals surface area contributed by atoms with Crippen LogP contribution in [0.4, 0.5) is 4.39 Å². The second kappa shape index (κ2) is 11.3. The Kier molecular flexibility index (Phi) is 7.21. The maximum atomic E-state index is 14.1. The highest BCUT2D eigenvalue weighted by molar-refractivity contribution is 7.07. The molecule has 0 N–H and O–H groups in total. The number of thiazole rings is 1. The Morgan fingerprint density at radius 1 is 1.00 bits per heavy atom. The lowest BCUT2D eigenvalue weighted by Crippen LogP contribution is -2.38. The van der Waals surface area contributed by atoms with E-state index in [1.165, 1.54) is 23.0 Å². The van der Waals surface area contributed by atoms with E-state index in [9.17, 15) is 9.18 Å². The predicted molar refractivity (Wildman–Crippen MR) is 168 cm³/mol. The molecular weight excluding hydrogens is 583 g/mol. The van der Waals surface area contributed by atoms with E-state index in [4.69, 9.17) is 26.1 Å². The lowest BCUT2D eigenvalue weighted by atomic mass is 9.83. The van der Waals surface area contributed by atoms with Crippen molar-refractivity contribution in [1.82, 2.24) is 4.57 Å². The zero-order chi connectivity index (χ0) is 29.5. The predicted octanol–water partition coefficient (Wildman–Crippen LogP) is 6.70. The van der Waals surface area contributed by atoms with Crippen LogP contribution in [0, 0.1) is 5.82 Å². The summed E-state index contributed by atoms with van der Waals surface area (Å²) in [5.74, 6) is 0.651. The maximum absolute atomic E-state index is 14.1. The van der Waals surface area contributed by atoms with Crippen molar-refractivity contribution in [3.8, 4) is 11.5 Å². The summed E-state index contributed by atoms with van der Waals surface area (Å²) >= 11 is 7.61. The number of benzene rings is 4. The van der Waals surface area contributed by atoms with E-state index in [0.29, 0.717) is 31.4 Å². The number of aryl methyl sites for hydroxylation is 1.